The van der Waals surface area contributed by atoms with Crippen molar-refractivity contribution in [2.75, 3.05) is 0 Å². The fourth-order valence-corrected chi connectivity index (χ4v) is 1.07. The van der Waals surface area contributed by atoms with Crippen LogP contribution in [0.3, 0.4) is 0 Å². The van der Waals surface area contributed by atoms with Crippen LogP contribution in [0.2, 0.25) is 0 Å². The van der Waals surface area contributed by atoms with E-state index in [1.54, 1.807) is 0 Å². The van der Waals surface area contributed by atoms with Gasteiger partial charge in [0.1, 0.15) is 5.82 Å². The second-order valence-electron chi connectivity index (χ2n) is 3.46. The lowest BCUT2D eigenvalue weighted by molar-refractivity contribution is 0.551. The van der Waals surface area contributed by atoms with Gasteiger partial charge in [-0.3, -0.25) is 4.68 Å². The van der Waals surface area contributed by atoms with Crippen molar-refractivity contribution in [3.8, 4) is 0 Å². The molecular formula is C9H18N4. The molecule has 0 atom stereocenters. The van der Waals surface area contributed by atoms with E-state index in [0.717, 1.165) is 24.6 Å². The number of hydrogen-bond acceptors (Lipinski definition) is 3. The van der Waals surface area contributed by atoms with Crippen molar-refractivity contribution in [3.63, 3.8) is 0 Å². The number of hydrogen-bond donors (Lipinski definition) is 1. The summed E-state index contributed by atoms with van der Waals surface area (Å²) in [4.78, 5) is 4.39. The van der Waals surface area contributed by atoms with Crippen molar-refractivity contribution < 1.29 is 0 Å². The zero-order valence-corrected chi connectivity index (χ0v) is 8.83. The highest BCUT2D eigenvalue weighted by Gasteiger charge is 2.05. The molecule has 0 aliphatic rings. The predicted molar refractivity (Wildman–Crippen MR) is 52.4 cm³/mol. The Hall–Kier alpha value is -0.900. The second kappa shape index (κ2) is 4.37. The maximum Gasteiger partial charge on any atom is 0.150 e. The first kappa shape index (κ1) is 10.2. The van der Waals surface area contributed by atoms with E-state index in [1.807, 2.05) is 11.7 Å². The van der Waals surface area contributed by atoms with E-state index >= 15 is 0 Å². The van der Waals surface area contributed by atoms with Crippen molar-refractivity contribution in [1.29, 1.82) is 0 Å². The smallest absolute Gasteiger partial charge is 0.150 e. The van der Waals surface area contributed by atoms with Crippen LogP contribution in [-0.2, 0) is 20.0 Å². The van der Waals surface area contributed by atoms with Crippen LogP contribution in [0.1, 0.15) is 32.4 Å². The fraction of sp³-hybridized carbons (Fsp3) is 0.778. The number of rotatable bonds is 4. The monoisotopic (exact) mass is 182 g/mol. The van der Waals surface area contributed by atoms with Crippen molar-refractivity contribution >= 4 is 0 Å². The van der Waals surface area contributed by atoms with Gasteiger partial charge in [0.05, 0.1) is 6.54 Å². The van der Waals surface area contributed by atoms with Crippen molar-refractivity contribution in [1.82, 2.24) is 20.1 Å². The Balaban J connectivity index is 2.60. The molecule has 74 valence electrons. The molecule has 0 bridgehead atoms. The predicted octanol–water partition coefficient (Wildman–Crippen LogP) is 0.875. The third-order valence-electron chi connectivity index (χ3n) is 1.88. The summed E-state index contributed by atoms with van der Waals surface area (Å²) in [6, 6.07) is 0.488. The third kappa shape index (κ3) is 2.81. The molecule has 0 radical (unpaired) electrons. The first-order valence-corrected chi connectivity index (χ1v) is 4.75. The maximum atomic E-state index is 4.39. The van der Waals surface area contributed by atoms with Gasteiger partial charge < -0.3 is 5.32 Å². The van der Waals surface area contributed by atoms with Crippen LogP contribution >= 0.6 is 0 Å². The van der Waals surface area contributed by atoms with E-state index < -0.39 is 0 Å². The highest BCUT2D eigenvalue weighted by atomic mass is 15.3. The minimum atomic E-state index is 0.488. The SMILES string of the molecule is CCc1nc(CNC(C)C)n(C)n1. The highest BCUT2D eigenvalue weighted by Crippen LogP contribution is 1.97. The molecule has 0 fully saturated rings. The molecule has 0 aliphatic heterocycles. The van der Waals surface area contributed by atoms with Gasteiger partial charge in [0.25, 0.3) is 0 Å². The van der Waals surface area contributed by atoms with E-state index in [2.05, 4.69) is 36.2 Å². The standard InChI is InChI=1S/C9H18N4/c1-5-8-11-9(13(4)12-8)6-10-7(2)3/h7,10H,5-6H2,1-4H3. The molecule has 1 N–H and O–H groups in total. The second-order valence-corrected chi connectivity index (χ2v) is 3.46. The largest absolute Gasteiger partial charge is 0.308 e. The Morgan fingerprint density at radius 3 is 2.62 bits per heavy atom. The van der Waals surface area contributed by atoms with Crippen molar-refractivity contribution in [2.45, 2.75) is 39.8 Å². The molecule has 0 spiro atoms. The fourth-order valence-electron chi connectivity index (χ4n) is 1.07. The van der Waals surface area contributed by atoms with Gasteiger partial charge in [-0.2, -0.15) is 5.10 Å². The molecular weight excluding hydrogens is 164 g/mol. The molecule has 13 heavy (non-hydrogen) atoms. The number of nitrogens with zero attached hydrogens (tertiary/aromatic N) is 3. The average Bonchev–Trinajstić information content (AvgIpc) is 2.43. The molecule has 0 unspecified atom stereocenters. The van der Waals surface area contributed by atoms with Crippen LogP contribution in [0.5, 0.6) is 0 Å². The molecule has 1 rings (SSSR count). The van der Waals surface area contributed by atoms with Gasteiger partial charge in [-0.25, -0.2) is 4.98 Å². The normalized spacial score (nSPS) is 11.2. The Bertz CT molecular complexity index is 265. The van der Waals surface area contributed by atoms with Crippen LogP contribution in [0, 0.1) is 0 Å². The Morgan fingerprint density at radius 2 is 2.15 bits per heavy atom. The third-order valence-corrected chi connectivity index (χ3v) is 1.88. The zero-order valence-electron chi connectivity index (χ0n) is 8.83. The van der Waals surface area contributed by atoms with E-state index in [0.29, 0.717) is 6.04 Å². The molecule has 1 aromatic rings. The van der Waals surface area contributed by atoms with Crippen LogP contribution in [0.4, 0.5) is 0 Å². The van der Waals surface area contributed by atoms with Gasteiger partial charge in [0.15, 0.2) is 5.82 Å². The van der Waals surface area contributed by atoms with E-state index in [4.69, 9.17) is 0 Å². The summed E-state index contributed by atoms with van der Waals surface area (Å²) in [5, 5.41) is 7.59. The lowest BCUT2D eigenvalue weighted by atomic mass is 10.4. The Labute approximate surface area is 79.4 Å². The van der Waals surface area contributed by atoms with Gasteiger partial charge in [0, 0.05) is 19.5 Å². The molecule has 0 saturated heterocycles. The molecule has 0 aromatic carbocycles. The van der Waals surface area contributed by atoms with Crippen molar-refractivity contribution in [2.24, 2.45) is 7.05 Å². The van der Waals surface area contributed by atoms with Gasteiger partial charge in [-0.15, -0.1) is 0 Å². The summed E-state index contributed by atoms with van der Waals surface area (Å²) in [5.74, 6) is 1.92. The van der Waals surface area contributed by atoms with Crippen molar-refractivity contribution in [3.05, 3.63) is 11.6 Å². The zero-order chi connectivity index (χ0) is 9.84. The average molecular weight is 182 g/mol. The maximum absolute atomic E-state index is 4.39. The van der Waals surface area contributed by atoms with Crippen LogP contribution in [-0.4, -0.2) is 20.8 Å². The molecule has 0 amide bonds. The lowest BCUT2D eigenvalue weighted by Gasteiger charge is -2.06. The molecule has 1 heterocycles. The minimum Gasteiger partial charge on any atom is -0.308 e. The first-order chi connectivity index (χ1) is 6.13. The van der Waals surface area contributed by atoms with Gasteiger partial charge >= 0.3 is 0 Å². The summed E-state index contributed by atoms with van der Waals surface area (Å²) >= 11 is 0. The molecule has 0 saturated carbocycles. The van der Waals surface area contributed by atoms with E-state index in [1.165, 1.54) is 0 Å². The lowest BCUT2D eigenvalue weighted by Crippen LogP contribution is -2.23. The number of aromatic nitrogens is 3. The minimum absolute atomic E-state index is 0.488. The van der Waals surface area contributed by atoms with Crippen LogP contribution in [0.25, 0.3) is 0 Å². The Kier molecular flexibility index (Phi) is 3.42. The first-order valence-electron chi connectivity index (χ1n) is 4.75. The topological polar surface area (TPSA) is 42.7 Å². The van der Waals surface area contributed by atoms with Gasteiger partial charge in [-0.1, -0.05) is 20.8 Å². The number of nitrogens with one attached hydrogen (secondary N) is 1. The summed E-state index contributed by atoms with van der Waals surface area (Å²) < 4.78 is 1.84. The van der Waals surface area contributed by atoms with E-state index in [9.17, 15) is 0 Å². The molecule has 4 heteroatoms. The molecule has 1 aromatic heterocycles. The molecule has 4 nitrogen and oxygen atoms in total. The molecule has 0 aliphatic carbocycles. The summed E-state index contributed by atoms with van der Waals surface area (Å²) in [5.41, 5.74) is 0. The van der Waals surface area contributed by atoms with Crippen LogP contribution < -0.4 is 5.32 Å². The summed E-state index contributed by atoms with van der Waals surface area (Å²) in [6.45, 7) is 7.10. The van der Waals surface area contributed by atoms with E-state index in [-0.39, 0.29) is 0 Å². The van der Waals surface area contributed by atoms with Crippen LogP contribution in [0.15, 0.2) is 0 Å². The Morgan fingerprint density at radius 1 is 1.46 bits per heavy atom. The highest BCUT2D eigenvalue weighted by molar-refractivity contribution is 4.92. The number of aryl methyl sites for hydroxylation is 2. The van der Waals surface area contributed by atoms with Gasteiger partial charge in [0.2, 0.25) is 0 Å². The quantitative estimate of drug-likeness (QED) is 0.751. The summed E-state index contributed by atoms with van der Waals surface area (Å²) in [7, 11) is 1.93. The van der Waals surface area contributed by atoms with Gasteiger partial charge in [-0.05, 0) is 0 Å². The summed E-state index contributed by atoms with van der Waals surface area (Å²) in [6.07, 6.45) is 0.898.